The summed E-state index contributed by atoms with van der Waals surface area (Å²) >= 11 is 5.47. The van der Waals surface area contributed by atoms with E-state index < -0.39 is 5.56 Å². The van der Waals surface area contributed by atoms with E-state index in [1.807, 2.05) is 0 Å². The van der Waals surface area contributed by atoms with E-state index in [1.165, 1.54) is 10.9 Å². The largest absolute Gasteiger partial charge is 0.395 e. The Hall–Kier alpha value is -1.07. The van der Waals surface area contributed by atoms with Crippen molar-refractivity contribution in [1.82, 2.24) is 9.55 Å². The minimum Gasteiger partial charge on any atom is -0.395 e. The SMILES string of the molecule is Nc1c(Cl)ncn(CCO)c1=O. The lowest BCUT2D eigenvalue weighted by Crippen LogP contribution is -2.24. The second-order valence-electron chi connectivity index (χ2n) is 2.17. The number of aliphatic hydroxyl groups excluding tert-OH is 1. The Morgan fingerprint density at radius 3 is 3.00 bits per heavy atom. The molecule has 0 radical (unpaired) electrons. The highest BCUT2D eigenvalue weighted by Crippen LogP contribution is 2.07. The highest BCUT2D eigenvalue weighted by molar-refractivity contribution is 6.31. The van der Waals surface area contributed by atoms with Gasteiger partial charge in [-0.15, -0.1) is 0 Å². The Labute approximate surface area is 73.4 Å². The third-order valence-electron chi connectivity index (χ3n) is 1.36. The average molecular weight is 190 g/mol. The second-order valence-corrected chi connectivity index (χ2v) is 2.53. The van der Waals surface area contributed by atoms with E-state index in [1.54, 1.807) is 0 Å². The molecule has 0 aromatic carbocycles. The summed E-state index contributed by atoms with van der Waals surface area (Å²) in [4.78, 5) is 14.8. The molecule has 1 rings (SSSR count). The van der Waals surface area contributed by atoms with Crippen LogP contribution >= 0.6 is 11.6 Å². The van der Waals surface area contributed by atoms with Gasteiger partial charge in [-0.3, -0.25) is 9.36 Å². The number of nitrogen functional groups attached to an aromatic ring is 1. The van der Waals surface area contributed by atoms with Crippen molar-refractivity contribution in [3.8, 4) is 0 Å². The number of nitrogens with two attached hydrogens (primary N) is 1. The van der Waals surface area contributed by atoms with Crippen LogP contribution in [0.2, 0.25) is 5.15 Å². The summed E-state index contributed by atoms with van der Waals surface area (Å²) in [5, 5.41) is 8.54. The molecule has 0 aliphatic carbocycles. The van der Waals surface area contributed by atoms with Crippen molar-refractivity contribution in [2.75, 3.05) is 12.3 Å². The minimum atomic E-state index is -0.427. The van der Waals surface area contributed by atoms with Gasteiger partial charge < -0.3 is 10.8 Å². The van der Waals surface area contributed by atoms with Gasteiger partial charge in [-0.1, -0.05) is 11.6 Å². The van der Waals surface area contributed by atoms with Gasteiger partial charge in [0.15, 0.2) is 5.15 Å². The van der Waals surface area contributed by atoms with Gasteiger partial charge in [0.2, 0.25) is 0 Å². The molecule has 1 heterocycles. The summed E-state index contributed by atoms with van der Waals surface area (Å²) < 4.78 is 1.20. The Bertz CT molecular complexity index is 336. The van der Waals surface area contributed by atoms with Gasteiger partial charge in [-0.05, 0) is 0 Å². The van der Waals surface area contributed by atoms with E-state index in [4.69, 9.17) is 22.4 Å². The third-order valence-corrected chi connectivity index (χ3v) is 1.67. The monoisotopic (exact) mass is 189 g/mol. The average Bonchev–Trinajstić information content (AvgIpc) is 2.07. The first-order chi connectivity index (χ1) is 5.66. The molecule has 3 N–H and O–H groups in total. The van der Waals surface area contributed by atoms with Crippen molar-refractivity contribution < 1.29 is 5.11 Å². The van der Waals surface area contributed by atoms with Gasteiger partial charge in [0.1, 0.15) is 5.69 Å². The topological polar surface area (TPSA) is 81.1 Å². The van der Waals surface area contributed by atoms with Crippen molar-refractivity contribution in [2.45, 2.75) is 6.54 Å². The van der Waals surface area contributed by atoms with Crippen LogP contribution in [0.25, 0.3) is 0 Å². The van der Waals surface area contributed by atoms with Crippen LogP contribution in [-0.2, 0) is 6.54 Å². The minimum absolute atomic E-state index is 0.00538. The first-order valence-electron chi connectivity index (χ1n) is 3.28. The molecule has 0 aliphatic heterocycles. The zero-order valence-electron chi connectivity index (χ0n) is 6.20. The number of halogens is 1. The van der Waals surface area contributed by atoms with Crippen molar-refractivity contribution in [2.24, 2.45) is 0 Å². The molecule has 0 fully saturated rings. The molecule has 66 valence electrons. The fraction of sp³-hybridized carbons (Fsp3) is 0.333. The second kappa shape index (κ2) is 3.55. The predicted octanol–water partition coefficient (Wildman–Crippen LogP) is -0.529. The molecular formula is C6H8ClN3O2. The van der Waals surface area contributed by atoms with E-state index >= 15 is 0 Å². The fourth-order valence-corrected chi connectivity index (χ4v) is 0.877. The van der Waals surface area contributed by atoms with Crippen LogP contribution in [-0.4, -0.2) is 21.3 Å². The summed E-state index contributed by atoms with van der Waals surface area (Å²) in [6, 6.07) is 0. The molecule has 12 heavy (non-hydrogen) atoms. The van der Waals surface area contributed by atoms with Crippen LogP contribution in [0, 0.1) is 0 Å². The molecule has 0 unspecified atom stereocenters. The lowest BCUT2D eigenvalue weighted by atomic mass is 10.5. The van der Waals surface area contributed by atoms with Crippen LogP contribution in [0.3, 0.4) is 0 Å². The summed E-state index contributed by atoms with van der Waals surface area (Å²) in [7, 11) is 0. The van der Waals surface area contributed by atoms with Gasteiger partial charge in [-0.2, -0.15) is 0 Å². The van der Waals surface area contributed by atoms with Crippen LogP contribution < -0.4 is 11.3 Å². The number of hydrogen-bond acceptors (Lipinski definition) is 4. The summed E-state index contributed by atoms with van der Waals surface area (Å²) in [6.07, 6.45) is 1.25. The molecule has 0 saturated carbocycles. The summed E-state index contributed by atoms with van der Waals surface area (Å²) in [5.74, 6) is 0. The Morgan fingerprint density at radius 2 is 2.42 bits per heavy atom. The first-order valence-corrected chi connectivity index (χ1v) is 3.66. The van der Waals surface area contributed by atoms with Crippen LogP contribution in [0.5, 0.6) is 0 Å². The molecule has 0 spiro atoms. The summed E-state index contributed by atoms with van der Waals surface area (Å²) in [6.45, 7) is 0.0376. The van der Waals surface area contributed by atoms with E-state index in [2.05, 4.69) is 4.98 Å². The Kier molecular flexibility index (Phi) is 2.67. The number of anilines is 1. The van der Waals surface area contributed by atoms with Gasteiger partial charge in [0, 0.05) is 0 Å². The maximum Gasteiger partial charge on any atom is 0.278 e. The van der Waals surface area contributed by atoms with Gasteiger partial charge >= 0.3 is 0 Å². The normalized spacial score (nSPS) is 10.2. The molecule has 1 aromatic heterocycles. The van der Waals surface area contributed by atoms with Crippen LogP contribution in [0.15, 0.2) is 11.1 Å². The number of hydrogen-bond donors (Lipinski definition) is 2. The molecule has 0 bridgehead atoms. The fourth-order valence-electron chi connectivity index (χ4n) is 0.752. The molecule has 0 amide bonds. The van der Waals surface area contributed by atoms with E-state index in [9.17, 15) is 4.79 Å². The number of rotatable bonds is 2. The summed E-state index contributed by atoms with van der Waals surface area (Å²) in [5.41, 5.74) is 4.79. The highest BCUT2D eigenvalue weighted by Gasteiger charge is 2.04. The molecule has 5 nitrogen and oxygen atoms in total. The van der Waals surface area contributed by atoms with E-state index in [-0.39, 0.29) is 24.0 Å². The van der Waals surface area contributed by atoms with Gasteiger partial charge in [-0.25, -0.2) is 4.98 Å². The molecule has 0 atom stereocenters. The van der Waals surface area contributed by atoms with Crippen LogP contribution in [0.1, 0.15) is 0 Å². The number of aliphatic hydroxyl groups is 1. The van der Waals surface area contributed by atoms with Crippen molar-refractivity contribution >= 4 is 17.3 Å². The predicted molar refractivity (Wildman–Crippen MR) is 45.0 cm³/mol. The zero-order valence-corrected chi connectivity index (χ0v) is 6.95. The maximum absolute atomic E-state index is 11.2. The van der Waals surface area contributed by atoms with Crippen molar-refractivity contribution in [3.63, 3.8) is 0 Å². The smallest absolute Gasteiger partial charge is 0.278 e. The van der Waals surface area contributed by atoms with Gasteiger partial charge in [0.05, 0.1) is 19.5 Å². The third kappa shape index (κ3) is 1.57. The van der Waals surface area contributed by atoms with Gasteiger partial charge in [0.25, 0.3) is 5.56 Å². The maximum atomic E-state index is 11.2. The van der Waals surface area contributed by atoms with E-state index in [0.29, 0.717) is 0 Å². The standard InChI is InChI=1S/C6H8ClN3O2/c7-5-4(8)6(12)10(1-2-11)3-9-5/h3,11H,1-2,8H2. The number of nitrogens with zero attached hydrogens (tertiary/aromatic N) is 2. The molecule has 1 aromatic rings. The Balaban J connectivity index is 3.18. The molecule has 6 heteroatoms. The van der Waals surface area contributed by atoms with Crippen molar-refractivity contribution in [1.29, 1.82) is 0 Å². The Morgan fingerprint density at radius 1 is 1.75 bits per heavy atom. The molecule has 0 aliphatic rings. The number of aromatic nitrogens is 2. The van der Waals surface area contributed by atoms with Crippen molar-refractivity contribution in [3.05, 3.63) is 21.8 Å². The first kappa shape index (κ1) is 9.02. The quantitative estimate of drug-likeness (QED) is 0.613. The van der Waals surface area contributed by atoms with Crippen LogP contribution in [0.4, 0.5) is 5.69 Å². The lowest BCUT2D eigenvalue weighted by molar-refractivity contribution is 0.273. The molecular weight excluding hydrogens is 182 g/mol. The van der Waals surface area contributed by atoms with E-state index in [0.717, 1.165) is 0 Å². The lowest BCUT2D eigenvalue weighted by Gasteiger charge is -2.03. The zero-order chi connectivity index (χ0) is 9.14. The highest BCUT2D eigenvalue weighted by atomic mass is 35.5. The molecule has 0 saturated heterocycles.